The Morgan fingerprint density at radius 2 is 2.26 bits per heavy atom. The van der Waals surface area contributed by atoms with Gasteiger partial charge in [0.15, 0.2) is 0 Å². The summed E-state index contributed by atoms with van der Waals surface area (Å²) in [5, 5.41) is 14.3. The molecule has 2 aromatic heterocycles. The Hall–Kier alpha value is -1.88. The fraction of sp³-hybridized carbons (Fsp3) is 0.286. The minimum atomic E-state index is -0.946. The van der Waals surface area contributed by atoms with E-state index in [4.69, 9.17) is 5.11 Å². The smallest absolute Gasteiger partial charge is 0.337 e. The van der Waals surface area contributed by atoms with E-state index in [1.807, 2.05) is 11.4 Å². The minimum absolute atomic E-state index is 0.0558. The summed E-state index contributed by atoms with van der Waals surface area (Å²) in [6.45, 7) is 4.91. The van der Waals surface area contributed by atoms with Crippen molar-refractivity contribution in [2.75, 3.05) is 11.9 Å². The van der Waals surface area contributed by atoms with Gasteiger partial charge in [0.1, 0.15) is 0 Å². The number of carboxylic acid groups (broad SMARTS) is 1. The predicted octanol–water partition coefficient (Wildman–Crippen LogP) is 3.23. The van der Waals surface area contributed by atoms with Crippen LogP contribution < -0.4 is 5.32 Å². The van der Waals surface area contributed by atoms with Gasteiger partial charge in [0.2, 0.25) is 0 Å². The van der Waals surface area contributed by atoms with Crippen LogP contribution in [-0.2, 0) is 5.41 Å². The molecule has 0 unspecified atom stereocenters. The lowest BCUT2D eigenvalue weighted by Gasteiger charge is -2.24. The van der Waals surface area contributed by atoms with Crippen LogP contribution in [0.2, 0.25) is 0 Å². The summed E-state index contributed by atoms with van der Waals surface area (Å²) in [6, 6.07) is 5.62. The molecule has 0 amide bonds. The number of anilines is 1. The maximum atomic E-state index is 11.1. The van der Waals surface area contributed by atoms with E-state index in [1.54, 1.807) is 17.5 Å². The van der Waals surface area contributed by atoms with Crippen molar-refractivity contribution >= 4 is 23.0 Å². The van der Waals surface area contributed by atoms with Crippen LogP contribution in [0.4, 0.5) is 5.69 Å². The predicted molar refractivity (Wildman–Crippen MR) is 77.0 cm³/mol. The Morgan fingerprint density at radius 3 is 2.89 bits per heavy atom. The monoisotopic (exact) mass is 276 g/mol. The van der Waals surface area contributed by atoms with Gasteiger partial charge in [-0.1, -0.05) is 19.9 Å². The first-order chi connectivity index (χ1) is 9.00. The normalized spacial score (nSPS) is 11.3. The molecule has 2 N–H and O–H groups in total. The number of aromatic carboxylic acids is 1. The van der Waals surface area contributed by atoms with Gasteiger partial charge in [-0.05, 0) is 17.5 Å². The van der Waals surface area contributed by atoms with Crippen molar-refractivity contribution in [3.05, 3.63) is 46.4 Å². The fourth-order valence-electron chi connectivity index (χ4n) is 1.79. The molecule has 4 nitrogen and oxygen atoms in total. The molecule has 0 bridgehead atoms. The molecular weight excluding hydrogens is 260 g/mol. The minimum Gasteiger partial charge on any atom is -0.478 e. The maximum Gasteiger partial charge on any atom is 0.337 e. The van der Waals surface area contributed by atoms with Crippen molar-refractivity contribution in [1.82, 2.24) is 4.98 Å². The number of nitrogens with one attached hydrogen (secondary N) is 1. The number of rotatable bonds is 5. The van der Waals surface area contributed by atoms with E-state index in [0.29, 0.717) is 12.2 Å². The van der Waals surface area contributed by atoms with Crippen LogP contribution in [-0.4, -0.2) is 22.6 Å². The maximum absolute atomic E-state index is 11.1. The highest BCUT2D eigenvalue weighted by Gasteiger charge is 2.22. The summed E-state index contributed by atoms with van der Waals surface area (Å²) in [7, 11) is 0. The van der Waals surface area contributed by atoms with Crippen molar-refractivity contribution in [1.29, 1.82) is 0 Å². The molecule has 0 saturated carbocycles. The standard InChI is InChI=1S/C14H16N2O2S/c1-14(2,12-4-3-7-19-12)9-16-11-8-15-6-5-10(11)13(17)18/h3-8,16H,9H2,1-2H3,(H,17,18). The summed E-state index contributed by atoms with van der Waals surface area (Å²) in [6.07, 6.45) is 3.03. The first-order valence-electron chi connectivity index (χ1n) is 5.96. The number of hydrogen-bond donors (Lipinski definition) is 2. The molecule has 0 aromatic carbocycles. The first kappa shape index (κ1) is 13.5. The average Bonchev–Trinajstić information content (AvgIpc) is 2.91. The summed E-state index contributed by atoms with van der Waals surface area (Å²) in [5.74, 6) is -0.946. The zero-order chi connectivity index (χ0) is 13.9. The average molecular weight is 276 g/mol. The zero-order valence-electron chi connectivity index (χ0n) is 10.9. The molecule has 2 aromatic rings. The third kappa shape index (κ3) is 3.12. The van der Waals surface area contributed by atoms with E-state index in [1.165, 1.54) is 17.1 Å². The molecular formula is C14H16N2O2S. The van der Waals surface area contributed by atoms with Crippen LogP contribution in [0, 0.1) is 0 Å². The third-order valence-electron chi connectivity index (χ3n) is 2.96. The van der Waals surface area contributed by atoms with Crippen LogP contribution in [0.25, 0.3) is 0 Å². The molecule has 0 aliphatic rings. The molecule has 0 fully saturated rings. The Kier molecular flexibility index (Phi) is 3.85. The molecule has 100 valence electrons. The lowest BCUT2D eigenvalue weighted by molar-refractivity contribution is 0.0697. The topological polar surface area (TPSA) is 62.2 Å². The van der Waals surface area contributed by atoms with E-state index in [9.17, 15) is 4.79 Å². The van der Waals surface area contributed by atoms with Crippen molar-refractivity contribution < 1.29 is 9.90 Å². The van der Waals surface area contributed by atoms with Crippen molar-refractivity contribution in [3.63, 3.8) is 0 Å². The van der Waals surface area contributed by atoms with Gasteiger partial charge in [-0.25, -0.2) is 4.79 Å². The van der Waals surface area contributed by atoms with Gasteiger partial charge >= 0.3 is 5.97 Å². The number of thiophene rings is 1. The van der Waals surface area contributed by atoms with Crippen LogP contribution in [0.3, 0.4) is 0 Å². The van der Waals surface area contributed by atoms with Gasteiger partial charge in [0.25, 0.3) is 0 Å². The van der Waals surface area contributed by atoms with Crippen molar-refractivity contribution in [2.45, 2.75) is 19.3 Å². The highest BCUT2D eigenvalue weighted by Crippen LogP contribution is 2.28. The van der Waals surface area contributed by atoms with Gasteiger partial charge in [0, 0.05) is 23.0 Å². The molecule has 0 aliphatic heterocycles. The molecule has 0 spiro atoms. The third-order valence-corrected chi connectivity index (χ3v) is 4.20. The van der Waals surface area contributed by atoms with Gasteiger partial charge in [0.05, 0.1) is 17.4 Å². The second kappa shape index (κ2) is 5.40. The molecule has 2 heterocycles. The summed E-state index contributed by atoms with van der Waals surface area (Å²) < 4.78 is 0. The highest BCUT2D eigenvalue weighted by molar-refractivity contribution is 7.10. The van der Waals surface area contributed by atoms with Crippen LogP contribution in [0.15, 0.2) is 36.0 Å². The highest BCUT2D eigenvalue weighted by atomic mass is 32.1. The van der Waals surface area contributed by atoms with Crippen LogP contribution in [0.5, 0.6) is 0 Å². The van der Waals surface area contributed by atoms with E-state index >= 15 is 0 Å². The van der Waals surface area contributed by atoms with Crippen LogP contribution >= 0.6 is 11.3 Å². The van der Waals surface area contributed by atoms with Crippen molar-refractivity contribution in [3.8, 4) is 0 Å². The second-order valence-corrected chi connectivity index (χ2v) is 5.89. The van der Waals surface area contributed by atoms with Crippen molar-refractivity contribution in [2.24, 2.45) is 0 Å². The molecule has 5 heteroatoms. The molecule has 19 heavy (non-hydrogen) atoms. The Bertz CT molecular complexity index is 565. The van der Waals surface area contributed by atoms with Gasteiger partial charge < -0.3 is 10.4 Å². The number of aromatic nitrogens is 1. The van der Waals surface area contributed by atoms with Gasteiger partial charge in [-0.3, -0.25) is 4.98 Å². The van der Waals surface area contributed by atoms with E-state index in [-0.39, 0.29) is 11.0 Å². The lowest BCUT2D eigenvalue weighted by Crippen LogP contribution is -2.27. The number of pyridine rings is 1. The summed E-state index contributed by atoms with van der Waals surface area (Å²) >= 11 is 1.70. The Morgan fingerprint density at radius 1 is 1.47 bits per heavy atom. The molecule has 0 saturated heterocycles. The number of carboxylic acids is 1. The number of hydrogen-bond acceptors (Lipinski definition) is 4. The Labute approximate surface area is 116 Å². The molecule has 0 aliphatic carbocycles. The first-order valence-corrected chi connectivity index (χ1v) is 6.84. The zero-order valence-corrected chi connectivity index (χ0v) is 11.7. The Balaban J connectivity index is 2.13. The van der Waals surface area contributed by atoms with E-state index in [0.717, 1.165) is 0 Å². The van der Waals surface area contributed by atoms with Gasteiger partial charge in [-0.15, -0.1) is 11.3 Å². The van der Waals surface area contributed by atoms with E-state index in [2.05, 4.69) is 30.2 Å². The summed E-state index contributed by atoms with van der Waals surface area (Å²) in [4.78, 5) is 16.3. The number of nitrogens with zero attached hydrogens (tertiary/aromatic N) is 1. The van der Waals surface area contributed by atoms with Gasteiger partial charge in [-0.2, -0.15) is 0 Å². The second-order valence-electron chi connectivity index (χ2n) is 4.94. The fourth-order valence-corrected chi connectivity index (χ4v) is 2.64. The SMILES string of the molecule is CC(C)(CNc1cnccc1C(=O)O)c1cccs1. The molecule has 2 rings (SSSR count). The van der Waals surface area contributed by atoms with Crippen LogP contribution in [0.1, 0.15) is 29.1 Å². The summed E-state index contributed by atoms with van der Waals surface area (Å²) in [5.41, 5.74) is 0.747. The number of carbonyl (C=O) groups is 1. The molecule has 0 radical (unpaired) electrons. The molecule has 0 atom stereocenters. The quantitative estimate of drug-likeness (QED) is 0.880. The largest absolute Gasteiger partial charge is 0.478 e. The lowest BCUT2D eigenvalue weighted by atomic mass is 9.91. The van der Waals surface area contributed by atoms with E-state index < -0.39 is 5.97 Å².